The molecular formula is C23H23N3O2. The van der Waals surface area contributed by atoms with Crippen LogP contribution < -0.4 is 10.6 Å². The predicted octanol–water partition coefficient (Wildman–Crippen LogP) is 5.02. The number of hydrogen-bond donors (Lipinski definition) is 2. The average Bonchev–Trinajstić information content (AvgIpc) is 2.70. The Bertz CT molecular complexity index is 995. The van der Waals surface area contributed by atoms with Gasteiger partial charge in [-0.3, -0.25) is 14.6 Å². The molecule has 0 saturated heterocycles. The number of rotatable bonds is 5. The van der Waals surface area contributed by atoms with E-state index in [1.54, 1.807) is 6.07 Å². The Morgan fingerprint density at radius 1 is 0.857 bits per heavy atom. The smallest absolute Gasteiger partial charge is 0.257 e. The number of hydrogen-bond acceptors (Lipinski definition) is 3. The molecule has 0 atom stereocenters. The van der Waals surface area contributed by atoms with E-state index in [0.717, 1.165) is 11.3 Å². The van der Waals surface area contributed by atoms with Gasteiger partial charge in [-0.15, -0.1) is 0 Å². The summed E-state index contributed by atoms with van der Waals surface area (Å²) in [6.07, 6.45) is 2.89. The first-order valence-corrected chi connectivity index (χ1v) is 9.17. The zero-order chi connectivity index (χ0) is 20.1. The number of aromatic nitrogens is 1. The van der Waals surface area contributed by atoms with Gasteiger partial charge in [-0.1, -0.05) is 44.2 Å². The maximum atomic E-state index is 12.5. The van der Waals surface area contributed by atoms with Crippen LogP contribution in [0.15, 0.2) is 67.0 Å². The highest BCUT2D eigenvalue weighted by Crippen LogP contribution is 2.18. The number of nitrogens with one attached hydrogen (secondary N) is 2. The van der Waals surface area contributed by atoms with E-state index >= 15 is 0 Å². The summed E-state index contributed by atoms with van der Waals surface area (Å²) in [5.41, 5.74) is 4.24. The molecule has 0 unspecified atom stereocenters. The molecule has 2 aromatic carbocycles. The third kappa shape index (κ3) is 4.62. The fourth-order valence-corrected chi connectivity index (χ4v) is 2.75. The topological polar surface area (TPSA) is 71.1 Å². The molecular weight excluding hydrogens is 350 g/mol. The van der Waals surface area contributed by atoms with Crippen molar-refractivity contribution in [3.63, 3.8) is 0 Å². The minimum Gasteiger partial charge on any atom is -0.322 e. The van der Waals surface area contributed by atoms with Gasteiger partial charge in [-0.2, -0.15) is 0 Å². The molecule has 5 nitrogen and oxygen atoms in total. The number of pyridine rings is 1. The predicted molar refractivity (Wildman–Crippen MR) is 112 cm³/mol. The molecule has 5 heteroatoms. The highest BCUT2D eigenvalue weighted by atomic mass is 16.2. The fraction of sp³-hybridized carbons (Fsp3) is 0.174. The van der Waals surface area contributed by atoms with Crippen molar-refractivity contribution in [2.45, 2.75) is 26.7 Å². The number of nitrogens with zero attached hydrogens (tertiary/aromatic N) is 1. The molecule has 0 fully saturated rings. The lowest BCUT2D eigenvalue weighted by Crippen LogP contribution is -2.16. The summed E-state index contributed by atoms with van der Waals surface area (Å²) in [7, 11) is 0. The largest absolute Gasteiger partial charge is 0.322 e. The fourth-order valence-electron chi connectivity index (χ4n) is 2.75. The number of carbonyl (C=O) groups excluding carboxylic acids is 2. The van der Waals surface area contributed by atoms with Crippen molar-refractivity contribution in [1.29, 1.82) is 0 Å². The van der Waals surface area contributed by atoms with E-state index < -0.39 is 0 Å². The van der Waals surface area contributed by atoms with E-state index in [0.29, 0.717) is 22.7 Å². The molecule has 0 aliphatic carbocycles. The van der Waals surface area contributed by atoms with Gasteiger partial charge in [-0.05, 0) is 48.2 Å². The van der Waals surface area contributed by atoms with Gasteiger partial charge in [0, 0.05) is 23.8 Å². The number of para-hydroxylation sites is 1. The van der Waals surface area contributed by atoms with Crippen molar-refractivity contribution in [2.24, 2.45) is 0 Å². The minimum absolute atomic E-state index is 0.308. The quantitative estimate of drug-likeness (QED) is 0.660. The highest BCUT2D eigenvalue weighted by Gasteiger charge is 2.13. The third-order valence-corrected chi connectivity index (χ3v) is 4.49. The van der Waals surface area contributed by atoms with Crippen molar-refractivity contribution in [1.82, 2.24) is 4.98 Å². The van der Waals surface area contributed by atoms with E-state index in [4.69, 9.17) is 0 Å². The Balaban J connectivity index is 1.72. The normalized spacial score (nSPS) is 10.6. The molecule has 2 amide bonds. The standard InChI is InChI=1S/C23H23N3O2/c1-15(2)17-8-10-20(11-9-17)25-22(27)18-12-19(14-24-13-18)23(28)26-21-7-5-4-6-16(21)3/h4-15H,1-3H3,(H,25,27)(H,26,28). The zero-order valence-electron chi connectivity index (χ0n) is 16.2. The number of benzene rings is 2. The number of aryl methyl sites for hydroxylation is 1. The second-order valence-electron chi connectivity index (χ2n) is 6.96. The molecule has 0 saturated carbocycles. The SMILES string of the molecule is Cc1ccccc1NC(=O)c1cncc(C(=O)Nc2ccc(C(C)C)cc2)c1. The molecule has 1 heterocycles. The number of carbonyl (C=O) groups is 2. The van der Waals surface area contributed by atoms with Gasteiger partial charge in [-0.25, -0.2) is 0 Å². The van der Waals surface area contributed by atoms with Crippen LogP contribution in [-0.2, 0) is 0 Å². The van der Waals surface area contributed by atoms with Crippen molar-refractivity contribution in [2.75, 3.05) is 10.6 Å². The van der Waals surface area contributed by atoms with Gasteiger partial charge in [0.15, 0.2) is 0 Å². The molecule has 142 valence electrons. The molecule has 0 aliphatic rings. The summed E-state index contributed by atoms with van der Waals surface area (Å²) >= 11 is 0. The van der Waals surface area contributed by atoms with Crippen LogP contribution in [0.2, 0.25) is 0 Å². The lowest BCUT2D eigenvalue weighted by atomic mass is 10.0. The molecule has 3 aromatic rings. The van der Waals surface area contributed by atoms with Crippen LogP contribution in [0.25, 0.3) is 0 Å². The van der Waals surface area contributed by atoms with E-state index in [2.05, 4.69) is 29.5 Å². The first-order chi connectivity index (χ1) is 13.4. The summed E-state index contributed by atoms with van der Waals surface area (Å²) in [5.74, 6) is -0.189. The average molecular weight is 373 g/mol. The Morgan fingerprint density at radius 2 is 1.46 bits per heavy atom. The third-order valence-electron chi connectivity index (χ3n) is 4.49. The molecule has 1 aromatic heterocycles. The maximum Gasteiger partial charge on any atom is 0.257 e. The van der Waals surface area contributed by atoms with Crippen molar-refractivity contribution in [3.05, 3.63) is 89.2 Å². The summed E-state index contributed by atoms with van der Waals surface area (Å²) in [6.45, 7) is 6.15. The molecule has 0 radical (unpaired) electrons. The zero-order valence-corrected chi connectivity index (χ0v) is 16.2. The lowest BCUT2D eigenvalue weighted by molar-refractivity contribution is 0.102. The summed E-state index contributed by atoms with van der Waals surface area (Å²) in [5, 5.41) is 5.69. The Kier molecular flexibility index (Phi) is 5.84. The van der Waals surface area contributed by atoms with Crippen molar-refractivity contribution < 1.29 is 9.59 Å². The Hall–Kier alpha value is -3.47. The van der Waals surface area contributed by atoms with E-state index in [1.165, 1.54) is 18.0 Å². The van der Waals surface area contributed by atoms with Crippen LogP contribution in [0.4, 0.5) is 11.4 Å². The first-order valence-electron chi connectivity index (χ1n) is 9.17. The molecule has 0 bridgehead atoms. The summed E-state index contributed by atoms with van der Waals surface area (Å²) < 4.78 is 0. The molecule has 28 heavy (non-hydrogen) atoms. The highest BCUT2D eigenvalue weighted by molar-refractivity contribution is 6.08. The van der Waals surface area contributed by atoms with E-state index in [1.807, 2.05) is 55.5 Å². The molecule has 3 rings (SSSR count). The second kappa shape index (κ2) is 8.48. The van der Waals surface area contributed by atoms with Gasteiger partial charge in [0.1, 0.15) is 0 Å². The summed E-state index contributed by atoms with van der Waals surface area (Å²) in [4.78, 5) is 29.1. The van der Waals surface area contributed by atoms with Crippen LogP contribution in [0.1, 0.15) is 51.6 Å². The summed E-state index contributed by atoms with van der Waals surface area (Å²) in [6, 6.07) is 16.8. The second-order valence-corrected chi connectivity index (χ2v) is 6.96. The van der Waals surface area contributed by atoms with Gasteiger partial charge < -0.3 is 10.6 Å². The van der Waals surface area contributed by atoms with Crippen LogP contribution in [0.3, 0.4) is 0 Å². The van der Waals surface area contributed by atoms with Crippen LogP contribution in [-0.4, -0.2) is 16.8 Å². The van der Waals surface area contributed by atoms with Crippen LogP contribution in [0, 0.1) is 6.92 Å². The van der Waals surface area contributed by atoms with Crippen LogP contribution >= 0.6 is 0 Å². The van der Waals surface area contributed by atoms with E-state index in [-0.39, 0.29) is 11.8 Å². The minimum atomic E-state index is -0.310. The maximum absolute atomic E-state index is 12.5. The van der Waals surface area contributed by atoms with E-state index in [9.17, 15) is 9.59 Å². The van der Waals surface area contributed by atoms with Gasteiger partial charge in [0.25, 0.3) is 11.8 Å². The Morgan fingerprint density at radius 3 is 2.07 bits per heavy atom. The van der Waals surface area contributed by atoms with Crippen molar-refractivity contribution in [3.8, 4) is 0 Å². The lowest BCUT2D eigenvalue weighted by Gasteiger charge is -2.10. The molecule has 0 aliphatic heterocycles. The first kappa shape index (κ1) is 19.3. The number of amides is 2. The molecule has 0 spiro atoms. The van der Waals surface area contributed by atoms with Gasteiger partial charge in [0.2, 0.25) is 0 Å². The number of anilines is 2. The van der Waals surface area contributed by atoms with Gasteiger partial charge >= 0.3 is 0 Å². The van der Waals surface area contributed by atoms with Crippen LogP contribution in [0.5, 0.6) is 0 Å². The monoisotopic (exact) mass is 373 g/mol. The van der Waals surface area contributed by atoms with Gasteiger partial charge in [0.05, 0.1) is 11.1 Å². The van der Waals surface area contributed by atoms with Crippen molar-refractivity contribution >= 4 is 23.2 Å². The Labute approximate surface area is 164 Å². The molecule has 2 N–H and O–H groups in total.